The van der Waals surface area contributed by atoms with Gasteiger partial charge < -0.3 is 14.5 Å². The molecule has 0 saturated heterocycles. The number of hydrogen-bond donors (Lipinski definition) is 1. The van der Waals surface area contributed by atoms with Crippen molar-refractivity contribution in [1.82, 2.24) is 10.3 Å². The molecule has 0 spiro atoms. The molecule has 4 heteroatoms. The monoisotopic (exact) mass is 296 g/mol. The average molecular weight is 296 g/mol. The number of furan rings is 1. The van der Waals surface area contributed by atoms with Gasteiger partial charge in [0, 0.05) is 23.8 Å². The highest BCUT2D eigenvalue weighted by atomic mass is 16.5. The summed E-state index contributed by atoms with van der Waals surface area (Å²) in [5.41, 5.74) is 2.00. The lowest BCUT2D eigenvalue weighted by atomic mass is 10.1. The topological polar surface area (TPSA) is 47.3 Å². The number of benzene rings is 1. The van der Waals surface area contributed by atoms with E-state index in [1.165, 1.54) is 5.56 Å². The lowest BCUT2D eigenvalue weighted by molar-refractivity contribution is 0.391. The first-order valence-electron chi connectivity index (χ1n) is 7.41. The van der Waals surface area contributed by atoms with Gasteiger partial charge in [0.2, 0.25) is 0 Å². The lowest BCUT2D eigenvalue weighted by Crippen LogP contribution is -2.22. The molecule has 2 aromatic heterocycles. The molecule has 0 aliphatic rings. The Morgan fingerprint density at radius 1 is 1.09 bits per heavy atom. The summed E-state index contributed by atoms with van der Waals surface area (Å²) in [6.45, 7) is 4.23. The van der Waals surface area contributed by atoms with Gasteiger partial charge in [-0.2, -0.15) is 0 Å². The number of aromatic nitrogens is 1. The maximum atomic E-state index is 5.99. The van der Waals surface area contributed by atoms with Crippen molar-refractivity contribution in [2.45, 2.75) is 25.9 Å². The summed E-state index contributed by atoms with van der Waals surface area (Å²) in [6.07, 6.45) is 3.62. The van der Waals surface area contributed by atoms with E-state index in [1.807, 2.05) is 42.7 Å². The minimum atomic E-state index is 0.0975. The summed E-state index contributed by atoms with van der Waals surface area (Å²) in [4.78, 5) is 4.05. The molecule has 0 saturated carbocycles. The van der Waals surface area contributed by atoms with Crippen LogP contribution in [0.3, 0.4) is 0 Å². The second-order valence-corrected chi connectivity index (χ2v) is 5.42. The van der Waals surface area contributed by atoms with Gasteiger partial charge in [-0.1, -0.05) is 12.1 Å². The van der Waals surface area contributed by atoms with Crippen molar-refractivity contribution < 1.29 is 9.15 Å². The summed E-state index contributed by atoms with van der Waals surface area (Å²) >= 11 is 0. The zero-order chi connectivity index (χ0) is 15.5. The van der Waals surface area contributed by atoms with E-state index in [4.69, 9.17) is 9.15 Å². The summed E-state index contributed by atoms with van der Waals surface area (Å²) in [6, 6.07) is 12.3. The van der Waals surface area contributed by atoms with Crippen LogP contribution in [-0.4, -0.2) is 12.1 Å². The maximum absolute atomic E-state index is 5.99. The molecule has 3 rings (SSSR count). The highest BCUT2D eigenvalue weighted by molar-refractivity contribution is 5.83. The number of nitrogens with one attached hydrogen (secondary N) is 1. The first kappa shape index (κ1) is 14.6. The number of nitrogens with zero attached hydrogens (tertiary/aromatic N) is 1. The van der Waals surface area contributed by atoms with Crippen molar-refractivity contribution in [3.63, 3.8) is 0 Å². The Morgan fingerprint density at radius 2 is 1.86 bits per heavy atom. The minimum absolute atomic E-state index is 0.0975. The van der Waals surface area contributed by atoms with E-state index in [0.717, 1.165) is 22.5 Å². The third-order valence-corrected chi connectivity index (χ3v) is 3.88. The van der Waals surface area contributed by atoms with Crippen molar-refractivity contribution in [1.29, 1.82) is 0 Å². The lowest BCUT2D eigenvalue weighted by Gasteiger charge is -2.18. The van der Waals surface area contributed by atoms with Gasteiger partial charge in [-0.25, -0.2) is 0 Å². The quantitative estimate of drug-likeness (QED) is 0.764. The van der Waals surface area contributed by atoms with Crippen molar-refractivity contribution in [2.75, 3.05) is 7.11 Å². The van der Waals surface area contributed by atoms with Crippen LogP contribution in [0.5, 0.6) is 5.75 Å². The Labute approximate surface area is 130 Å². The fourth-order valence-corrected chi connectivity index (χ4v) is 2.64. The Bertz CT molecular complexity index is 752. The second kappa shape index (κ2) is 6.20. The molecule has 114 valence electrons. The molecule has 0 fully saturated rings. The Balaban J connectivity index is 1.82. The van der Waals surface area contributed by atoms with Gasteiger partial charge >= 0.3 is 0 Å². The SMILES string of the molecule is COc1cccc2cc([C@H](C)N[C@@H](C)c3ccncc3)oc12. The molecule has 2 atom stereocenters. The molecule has 0 aliphatic heterocycles. The summed E-state index contributed by atoms with van der Waals surface area (Å²) in [5, 5.41) is 4.60. The van der Waals surface area contributed by atoms with Gasteiger partial charge in [-0.05, 0) is 43.7 Å². The molecule has 2 heterocycles. The fraction of sp³-hybridized carbons (Fsp3) is 0.278. The highest BCUT2D eigenvalue weighted by Crippen LogP contribution is 2.31. The Hall–Kier alpha value is -2.33. The van der Waals surface area contributed by atoms with Crippen LogP contribution in [0.2, 0.25) is 0 Å². The molecule has 0 unspecified atom stereocenters. The van der Waals surface area contributed by atoms with Crippen LogP contribution in [0.15, 0.2) is 53.2 Å². The van der Waals surface area contributed by atoms with Gasteiger partial charge in [0.15, 0.2) is 11.3 Å². The van der Waals surface area contributed by atoms with E-state index in [9.17, 15) is 0 Å². The number of fused-ring (bicyclic) bond motifs is 1. The van der Waals surface area contributed by atoms with Crippen LogP contribution < -0.4 is 10.1 Å². The molecule has 0 aliphatic carbocycles. The number of hydrogen-bond acceptors (Lipinski definition) is 4. The van der Waals surface area contributed by atoms with E-state index in [0.29, 0.717) is 0 Å². The number of para-hydroxylation sites is 1. The largest absolute Gasteiger partial charge is 0.493 e. The molecular formula is C18H20N2O2. The van der Waals surface area contributed by atoms with Crippen molar-refractivity contribution >= 4 is 11.0 Å². The zero-order valence-corrected chi connectivity index (χ0v) is 13.0. The summed E-state index contributed by atoms with van der Waals surface area (Å²) in [5.74, 6) is 1.67. The molecular weight excluding hydrogens is 276 g/mol. The molecule has 1 N–H and O–H groups in total. The van der Waals surface area contributed by atoms with Gasteiger partial charge in [-0.15, -0.1) is 0 Å². The number of ether oxygens (including phenoxy) is 1. The van der Waals surface area contributed by atoms with Gasteiger partial charge in [0.05, 0.1) is 13.2 Å². The van der Waals surface area contributed by atoms with Crippen LogP contribution in [0.25, 0.3) is 11.0 Å². The summed E-state index contributed by atoms with van der Waals surface area (Å²) in [7, 11) is 1.66. The zero-order valence-electron chi connectivity index (χ0n) is 13.0. The average Bonchev–Trinajstić information content (AvgIpc) is 2.99. The van der Waals surface area contributed by atoms with Crippen LogP contribution in [-0.2, 0) is 0 Å². The van der Waals surface area contributed by atoms with Gasteiger partial charge in [-0.3, -0.25) is 4.98 Å². The number of pyridine rings is 1. The fourth-order valence-electron chi connectivity index (χ4n) is 2.64. The Kier molecular flexibility index (Phi) is 4.11. The molecule has 1 aromatic carbocycles. The standard InChI is InChI=1S/C18H20N2O2/c1-12(14-7-9-19-10-8-14)20-13(2)17-11-15-5-4-6-16(21-3)18(15)22-17/h4-13,20H,1-3H3/t12-,13-/m0/s1. The molecule has 22 heavy (non-hydrogen) atoms. The first-order chi connectivity index (χ1) is 10.7. The number of methoxy groups -OCH3 is 1. The van der Waals surface area contributed by atoms with Crippen molar-refractivity contribution in [3.8, 4) is 5.75 Å². The van der Waals surface area contributed by atoms with Crippen LogP contribution in [0, 0.1) is 0 Å². The third-order valence-electron chi connectivity index (χ3n) is 3.88. The highest BCUT2D eigenvalue weighted by Gasteiger charge is 2.16. The summed E-state index contributed by atoms with van der Waals surface area (Å²) < 4.78 is 11.3. The normalized spacial score (nSPS) is 14.0. The van der Waals surface area contributed by atoms with Crippen molar-refractivity contribution in [3.05, 3.63) is 60.1 Å². The van der Waals surface area contributed by atoms with E-state index >= 15 is 0 Å². The molecule has 0 radical (unpaired) electrons. The maximum Gasteiger partial charge on any atom is 0.176 e. The molecule has 4 nitrogen and oxygen atoms in total. The van der Waals surface area contributed by atoms with E-state index in [1.54, 1.807) is 7.11 Å². The van der Waals surface area contributed by atoms with E-state index in [-0.39, 0.29) is 12.1 Å². The third kappa shape index (κ3) is 2.83. The van der Waals surface area contributed by atoms with Gasteiger partial charge in [0.1, 0.15) is 5.76 Å². The van der Waals surface area contributed by atoms with E-state index in [2.05, 4.69) is 30.2 Å². The minimum Gasteiger partial charge on any atom is -0.493 e. The van der Waals surface area contributed by atoms with Crippen LogP contribution >= 0.6 is 0 Å². The van der Waals surface area contributed by atoms with E-state index < -0.39 is 0 Å². The van der Waals surface area contributed by atoms with Crippen molar-refractivity contribution in [2.24, 2.45) is 0 Å². The van der Waals surface area contributed by atoms with Crippen LogP contribution in [0.4, 0.5) is 0 Å². The predicted octanol–water partition coefficient (Wildman–Crippen LogP) is 4.25. The predicted molar refractivity (Wildman–Crippen MR) is 87.0 cm³/mol. The first-order valence-corrected chi connectivity index (χ1v) is 7.41. The van der Waals surface area contributed by atoms with Crippen LogP contribution in [0.1, 0.15) is 37.3 Å². The molecule has 0 bridgehead atoms. The molecule has 3 aromatic rings. The molecule has 0 amide bonds. The smallest absolute Gasteiger partial charge is 0.176 e. The van der Waals surface area contributed by atoms with Gasteiger partial charge in [0.25, 0.3) is 0 Å². The number of rotatable bonds is 5. The second-order valence-electron chi connectivity index (χ2n) is 5.42. The Morgan fingerprint density at radius 3 is 2.59 bits per heavy atom.